The third-order valence-corrected chi connectivity index (χ3v) is 3.18. The van der Waals surface area contributed by atoms with E-state index in [-0.39, 0.29) is 0 Å². The molecule has 86 valence electrons. The first-order valence-corrected chi connectivity index (χ1v) is 6.38. The van der Waals surface area contributed by atoms with Gasteiger partial charge in [0.2, 0.25) is 0 Å². The summed E-state index contributed by atoms with van der Waals surface area (Å²) in [4.78, 5) is 0. The number of hydrogen-bond donors (Lipinski definition) is 1. The maximum Gasteiger partial charge on any atom is -0.00116 e. The Morgan fingerprint density at radius 1 is 1.06 bits per heavy atom. The molecule has 1 saturated heterocycles. The van der Waals surface area contributed by atoms with Gasteiger partial charge in [-0.1, -0.05) is 42.0 Å². The summed E-state index contributed by atoms with van der Waals surface area (Å²) in [5, 5.41) is 3.44. The molecule has 1 aromatic carbocycles. The third kappa shape index (κ3) is 3.82. The van der Waals surface area contributed by atoms with E-state index < -0.39 is 0 Å². The van der Waals surface area contributed by atoms with Gasteiger partial charge < -0.3 is 5.32 Å². The highest BCUT2D eigenvalue weighted by Gasteiger charge is 2.02. The quantitative estimate of drug-likeness (QED) is 0.763. The third-order valence-electron chi connectivity index (χ3n) is 3.18. The van der Waals surface area contributed by atoms with Gasteiger partial charge in [-0.05, 0) is 50.8 Å². The van der Waals surface area contributed by atoms with Crippen LogP contribution in [0.2, 0.25) is 0 Å². The van der Waals surface area contributed by atoms with Gasteiger partial charge >= 0.3 is 0 Å². The standard InChI is InChI=1S/C15H21N/c1-2-6-14(7-3-1)8-4-9-15-10-5-12-16-13-11-15/h1-3,6-7,9,16H,4-5,8,10-13H2/b15-9-. The molecular weight excluding hydrogens is 194 g/mol. The summed E-state index contributed by atoms with van der Waals surface area (Å²) in [5.74, 6) is 0. The molecule has 1 aliphatic heterocycles. The molecule has 1 aromatic rings. The fourth-order valence-corrected chi connectivity index (χ4v) is 2.23. The lowest BCUT2D eigenvalue weighted by Crippen LogP contribution is -2.13. The van der Waals surface area contributed by atoms with Crippen molar-refractivity contribution in [3.63, 3.8) is 0 Å². The monoisotopic (exact) mass is 215 g/mol. The Bertz CT molecular complexity index is 317. The van der Waals surface area contributed by atoms with E-state index in [2.05, 4.69) is 41.7 Å². The van der Waals surface area contributed by atoms with Crippen LogP contribution in [0.4, 0.5) is 0 Å². The number of hydrogen-bond acceptors (Lipinski definition) is 1. The lowest BCUT2D eigenvalue weighted by Gasteiger charge is -2.02. The van der Waals surface area contributed by atoms with Gasteiger partial charge in [0.25, 0.3) is 0 Å². The molecule has 0 radical (unpaired) electrons. The van der Waals surface area contributed by atoms with Gasteiger partial charge in [-0.3, -0.25) is 0 Å². The predicted molar refractivity (Wildman–Crippen MR) is 69.6 cm³/mol. The first-order valence-electron chi connectivity index (χ1n) is 6.38. The Balaban J connectivity index is 1.79. The number of rotatable bonds is 3. The Morgan fingerprint density at radius 2 is 1.94 bits per heavy atom. The highest BCUT2D eigenvalue weighted by atomic mass is 14.8. The summed E-state index contributed by atoms with van der Waals surface area (Å²) in [6, 6.07) is 10.8. The van der Waals surface area contributed by atoms with Crippen molar-refractivity contribution in [2.75, 3.05) is 13.1 Å². The van der Waals surface area contributed by atoms with Gasteiger partial charge in [0, 0.05) is 0 Å². The highest BCUT2D eigenvalue weighted by molar-refractivity contribution is 5.16. The fourth-order valence-electron chi connectivity index (χ4n) is 2.23. The zero-order chi connectivity index (χ0) is 11.1. The molecule has 0 spiro atoms. The molecule has 1 N–H and O–H groups in total. The van der Waals surface area contributed by atoms with E-state index in [1.54, 1.807) is 5.57 Å². The van der Waals surface area contributed by atoms with Gasteiger partial charge in [0.15, 0.2) is 0 Å². The molecule has 1 heterocycles. The number of benzene rings is 1. The molecule has 0 amide bonds. The average Bonchev–Trinajstić information content (AvgIpc) is 2.59. The molecule has 2 rings (SSSR count). The van der Waals surface area contributed by atoms with E-state index in [1.165, 1.54) is 44.2 Å². The van der Waals surface area contributed by atoms with Crippen LogP contribution in [0.15, 0.2) is 42.0 Å². The van der Waals surface area contributed by atoms with Crippen molar-refractivity contribution in [1.29, 1.82) is 0 Å². The topological polar surface area (TPSA) is 12.0 Å². The molecule has 1 nitrogen and oxygen atoms in total. The number of nitrogens with one attached hydrogen (secondary N) is 1. The molecule has 1 heteroatoms. The Morgan fingerprint density at radius 3 is 2.81 bits per heavy atom. The van der Waals surface area contributed by atoms with Crippen LogP contribution in [0.3, 0.4) is 0 Å². The lowest BCUT2D eigenvalue weighted by atomic mass is 10.0. The average molecular weight is 215 g/mol. The van der Waals surface area contributed by atoms with Crippen LogP contribution >= 0.6 is 0 Å². The minimum Gasteiger partial charge on any atom is -0.316 e. The Kier molecular flexibility index (Phi) is 4.63. The predicted octanol–water partition coefficient (Wildman–Crippen LogP) is 3.32. The van der Waals surface area contributed by atoms with Crippen molar-refractivity contribution >= 4 is 0 Å². The fraction of sp³-hybridized carbons (Fsp3) is 0.467. The highest BCUT2D eigenvalue weighted by Crippen LogP contribution is 2.14. The summed E-state index contributed by atoms with van der Waals surface area (Å²) in [6.45, 7) is 2.35. The van der Waals surface area contributed by atoms with Crippen LogP contribution < -0.4 is 5.32 Å². The second-order valence-corrected chi connectivity index (χ2v) is 4.49. The van der Waals surface area contributed by atoms with Gasteiger partial charge in [-0.15, -0.1) is 0 Å². The molecule has 0 unspecified atom stereocenters. The molecule has 1 fully saturated rings. The van der Waals surface area contributed by atoms with E-state index in [0.29, 0.717) is 0 Å². The summed E-state index contributed by atoms with van der Waals surface area (Å²) in [5.41, 5.74) is 3.10. The van der Waals surface area contributed by atoms with Crippen molar-refractivity contribution in [2.24, 2.45) is 0 Å². The van der Waals surface area contributed by atoms with Crippen molar-refractivity contribution in [3.8, 4) is 0 Å². The zero-order valence-corrected chi connectivity index (χ0v) is 9.91. The van der Waals surface area contributed by atoms with E-state index >= 15 is 0 Å². The zero-order valence-electron chi connectivity index (χ0n) is 9.91. The molecule has 0 aliphatic carbocycles. The van der Waals surface area contributed by atoms with Crippen LogP contribution in [0.5, 0.6) is 0 Å². The summed E-state index contributed by atoms with van der Waals surface area (Å²) < 4.78 is 0. The maximum absolute atomic E-state index is 3.44. The minimum atomic E-state index is 1.16. The lowest BCUT2D eigenvalue weighted by molar-refractivity contribution is 0.703. The smallest absolute Gasteiger partial charge is 0.00116 e. The Hall–Kier alpha value is -1.08. The van der Waals surface area contributed by atoms with Gasteiger partial charge in [0.1, 0.15) is 0 Å². The number of aryl methyl sites for hydroxylation is 1. The maximum atomic E-state index is 3.44. The summed E-state index contributed by atoms with van der Waals surface area (Å²) >= 11 is 0. The minimum absolute atomic E-state index is 1.16. The van der Waals surface area contributed by atoms with Crippen LogP contribution in [0.1, 0.15) is 31.2 Å². The van der Waals surface area contributed by atoms with Crippen molar-refractivity contribution < 1.29 is 0 Å². The van der Waals surface area contributed by atoms with Crippen LogP contribution in [0.25, 0.3) is 0 Å². The van der Waals surface area contributed by atoms with Gasteiger partial charge in [-0.25, -0.2) is 0 Å². The molecular formula is C15H21N. The van der Waals surface area contributed by atoms with Crippen molar-refractivity contribution in [2.45, 2.75) is 32.1 Å². The normalized spacial score (nSPS) is 19.6. The first kappa shape index (κ1) is 11.4. The van der Waals surface area contributed by atoms with E-state index in [0.717, 1.165) is 6.54 Å². The molecule has 1 aliphatic rings. The van der Waals surface area contributed by atoms with Gasteiger partial charge in [-0.2, -0.15) is 0 Å². The van der Waals surface area contributed by atoms with Crippen molar-refractivity contribution in [3.05, 3.63) is 47.5 Å². The van der Waals surface area contributed by atoms with E-state index in [4.69, 9.17) is 0 Å². The summed E-state index contributed by atoms with van der Waals surface area (Å²) in [6.07, 6.45) is 8.67. The van der Waals surface area contributed by atoms with Crippen LogP contribution in [-0.2, 0) is 6.42 Å². The Labute approximate surface area is 98.6 Å². The van der Waals surface area contributed by atoms with E-state index in [9.17, 15) is 0 Å². The summed E-state index contributed by atoms with van der Waals surface area (Å²) in [7, 11) is 0. The number of allylic oxidation sites excluding steroid dienone is 1. The first-order chi connectivity index (χ1) is 7.95. The van der Waals surface area contributed by atoms with Crippen LogP contribution in [0, 0.1) is 0 Å². The largest absolute Gasteiger partial charge is 0.316 e. The molecule has 0 saturated carbocycles. The molecule has 0 atom stereocenters. The second kappa shape index (κ2) is 6.49. The van der Waals surface area contributed by atoms with Crippen LogP contribution in [-0.4, -0.2) is 13.1 Å². The molecule has 0 bridgehead atoms. The van der Waals surface area contributed by atoms with Gasteiger partial charge in [0.05, 0.1) is 0 Å². The SMILES string of the molecule is C(/CCc1ccccc1)=C1\CCCNCC1. The van der Waals surface area contributed by atoms with E-state index in [1.807, 2.05) is 0 Å². The van der Waals surface area contributed by atoms with Crippen molar-refractivity contribution in [1.82, 2.24) is 5.32 Å². The molecule has 16 heavy (non-hydrogen) atoms. The second-order valence-electron chi connectivity index (χ2n) is 4.49. The molecule has 0 aromatic heterocycles.